The fourth-order valence-electron chi connectivity index (χ4n) is 2.40. The highest BCUT2D eigenvalue weighted by molar-refractivity contribution is 5.97. The molecular formula is C14H22N4O. The van der Waals surface area contributed by atoms with E-state index in [0.717, 1.165) is 38.2 Å². The number of pyridine rings is 1. The van der Waals surface area contributed by atoms with Crippen molar-refractivity contribution >= 4 is 11.7 Å². The quantitative estimate of drug-likeness (QED) is 0.670. The van der Waals surface area contributed by atoms with E-state index in [1.165, 1.54) is 18.4 Å². The first-order valence-corrected chi connectivity index (χ1v) is 6.99. The molecule has 4 N–H and O–H groups in total. The van der Waals surface area contributed by atoms with Crippen LogP contribution in [0.2, 0.25) is 0 Å². The van der Waals surface area contributed by atoms with Gasteiger partial charge in [-0.05, 0) is 43.9 Å². The highest BCUT2D eigenvalue weighted by atomic mass is 16.1. The molecule has 1 aromatic rings. The number of aryl methyl sites for hydroxylation is 2. The molecule has 5 nitrogen and oxygen atoms in total. The molecule has 0 spiro atoms. The molecule has 19 heavy (non-hydrogen) atoms. The molecular weight excluding hydrogens is 240 g/mol. The number of nitrogens with zero attached hydrogens (tertiary/aromatic N) is 1. The number of anilines is 1. The first kappa shape index (κ1) is 13.8. The van der Waals surface area contributed by atoms with Crippen molar-refractivity contribution in [3.8, 4) is 0 Å². The third kappa shape index (κ3) is 3.44. The molecule has 0 aromatic carbocycles. The summed E-state index contributed by atoms with van der Waals surface area (Å²) in [6, 6.07) is 1.92. The summed E-state index contributed by atoms with van der Waals surface area (Å²) >= 11 is 0. The zero-order chi connectivity index (χ0) is 13.7. The fourth-order valence-corrected chi connectivity index (χ4v) is 2.40. The molecule has 1 aliphatic rings. The molecule has 0 bridgehead atoms. The van der Waals surface area contributed by atoms with Gasteiger partial charge in [0, 0.05) is 18.8 Å². The Morgan fingerprint density at radius 3 is 2.89 bits per heavy atom. The lowest BCUT2D eigenvalue weighted by Gasteiger charge is -2.18. The third-order valence-electron chi connectivity index (χ3n) is 3.41. The van der Waals surface area contributed by atoms with Gasteiger partial charge in [-0.25, -0.2) is 4.98 Å². The van der Waals surface area contributed by atoms with Crippen LogP contribution in [0.4, 0.5) is 5.82 Å². The van der Waals surface area contributed by atoms with Crippen molar-refractivity contribution in [2.75, 3.05) is 25.0 Å². The van der Waals surface area contributed by atoms with Crippen LogP contribution in [0, 0.1) is 0 Å². The SMILES string of the molecule is CCNCCNc1nc2c(cc1C(N)=O)CCCC2. The third-order valence-corrected chi connectivity index (χ3v) is 3.41. The van der Waals surface area contributed by atoms with Crippen LogP contribution < -0.4 is 16.4 Å². The van der Waals surface area contributed by atoms with Crippen molar-refractivity contribution in [1.29, 1.82) is 0 Å². The summed E-state index contributed by atoms with van der Waals surface area (Å²) in [6.45, 7) is 4.57. The van der Waals surface area contributed by atoms with Crippen molar-refractivity contribution < 1.29 is 4.79 Å². The van der Waals surface area contributed by atoms with E-state index in [1.807, 2.05) is 6.07 Å². The van der Waals surface area contributed by atoms with E-state index in [-0.39, 0.29) is 0 Å². The van der Waals surface area contributed by atoms with Crippen LogP contribution in [0.25, 0.3) is 0 Å². The predicted octanol–water partition coefficient (Wildman–Crippen LogP) is 1.08. The maximum atomic E-state index is 11.5. The maximum absolute atomic E-state index is 11.5. The minimum atomic E-state index is -0.410. The van der Waals surface area contributed by atoms with Crippen LogP contribution in [0.5, 0.6) is 0 Å². The van der Waals surface area contributed by atoms with Gasteiger partial charge >= 0.3 is 0 Å². The normalized spacial score (nSPS) is 13.9. The summed E-state index contributed by atoms with van der Waals surface area (Å²) < 4.78 is 0. The standard InChI is InChI=1S/C14H22N4O/c1-2-16-7-8-17-14-11(13(15)19)9-10-5-3-4-6-12(10)18-14/h9,16H,2-8H2,1H3,(H2,15,19)(H,17,18). The number of primary amides is 1. The van der Waals surface area contributed by atoms with Crippen molar-refractivity contribution in [1.82, 2.24) is 10.3 Å². The topological polar surface area (TPSA) is 80.0 Å². The first-order chi connectivity index (χ1) is 9.22. The average molecular weight is 262 g/mol. The maximum Gasteiger partial charge on any atom is 0.252 e. The minimum Gasteiger partial charge on any atom is -0.368 e. The Morgan fingerprint density at radius 1 is 1.37 bits per heavy atom. The highest BCUT2D eigenvalue weighted by Crippen LogP contribution is 2.24. The molecule has 0 saturated heterocycles. The van der Waals surface area contributed by atoms with Gasteiger partial charge in [-0.1, -0.05) is 6.92 Å². The number of nitrogens with two attached hydrogens (primary N) is 1. The Bertz CT molecular complexity index is 459. The molecule has 2 rings (SSSR count). The molecule has 5 heteroatoms. The molecule has 0 aliphatic heterocycles. The van der Waals surface area contributed by atoms with Crippen molar-refractivity contribution in [2.45, 2.75) is 32.6 Å². The van der Waals surface area contributed by atoms with Gasteiger partial charge in [-0.15, -0.1) is 0 Å². The Hall–Kier alpha value is -1.62. The number of hydrogen-bond acceptors (Lipinski definition) is 4. The first-order valence-electron chi connectivity index (χ1n) is 6.99. The molecule has 104 valence electrons. The van der Waals surface area contributed by atoms with E-state index >= 15 is 0 Å². The zero-order valence-corrected chi connectivity index (χ0v) is 11.5. The van der Waals surface area contributed by atoms with Crippen molar-refractivity contribution in [3.05, 3.63) is 22.9 Å². The monoisotopic (exact) mass is 262 g/mol. The number of nitrogens with one attached hydrogen (secondary N) is 2. The molecule has 1 heterocycles. The van der Waals surface area contributed by atoms with Gasteiger partial charge in [-0.3, -0.25) is 4.79 Å². The summed E-state index contributed by atoms with van der Waals surface area (Å²) in [5.74, 6) is 0.220. The van der Waals surface area contributed by atoms with Crippen LogP contribution in [0.3, 0.4) is 0 Å². The minimum absolute atomic E-state index is 0.410. The molecule has 1 aromatic heterocycles. The van der Waals surface area contributed by atoms with E-state index in [4.69, 9.17) is 5.73 Å². The van der Waals surface area contributed by atoms with Crippen LogP contribution in [0.15, 0.2) is 6.07 Å². The Morgan fingerprint density at radius 2 is 2.16 bits per heavy atom. The number of likely N-dealkylation sites (N-methyl/N-ethyl adjacent to an activating group) is 1. The van der Waals surface area contributed by atoms with Gasteiger partial charge in [0.2, 0.25) is 0 Å². The smallest absolute Gasteiger partial charge is 0.252 e. The second kappa shape index (κ2) is 6.52. The molecule has 1 aliphatic carbocycles. The van der Waals surface area contributed by atoms with Gasteiger partial charge in [0.05, 0.1) is 5.56 Å². The summed E-state index contributed by atoms with van der Waals surface area (Å²) in [7, 11) is 0. The van der Waals surface area contributed by atoms with E-state index in [2.05, 4.69) is 22.5 Å². The highest BCUT2D eigenvalue weighted by Gasteiger charge is 2.17. The van der Waals surface area contributed by atoms with Crippen LogP contribution in [0.1, 0.15) is 41.4 Å². The second-order valence-electron chi connectivity index (χ2n) is 4.84. The number of hydrogen-bond donors (Lipinski definition) is 3. The van der Waals surface area contributed by atoms with Crippen LogP contribution in [-0.2, 0) is 12.8 Å². The van der Waals surface area contributed by atoms with E-state index < -0.39 is 5.91 Å². The summed E-state index contributed by atoms with van der Waals surface area (Å²) in [5, 5.41) is 6.43. The number of fused-ring (bicyclic) bond motifs is 1. The van der Waals surface area contributed by atoms with Crippen molar-refractivity contribution in [3.63, 3.8) is 0 Å². The van der Waals surface area contributed by atoms with Gasteiger partial charge < -0.3 is 16.4 Å². The molecule has 0 fully saturated rings. The van der Waals surface area contributed by atoms with Crippen LogP contribution in [-0.4, -0.2) is 30.5 Å². The predicted molar refractivity (Wildman–Crippen MR) is 76.4 cm³/mol. The van der Waals surface area contributed by atoms with E-state index in [9.17, 15) is 4.79 Å². The Balaban J connectivity index is 2.17. The zero-order valence-electron chi connectivity index (χ0n) is 11.5. The van der Waals surface area contributed by atoms with Crippen molar-refractivity contribution in [2.24, 2.45) is 5.73 Å². The fraction of sp³-hybridized carbons (Fsp3) is 0.571. The molecule has 0 radical (unpaired) electrons. The lowest BCUT2D eigenvalue weighted by atomic mass is 9.94. The van der Waals surface area contributed by atoms with Gasteiger partial charge in [0.1, 0.15) is 5.82 Å². The summed E-state index contributed by atoms with van der Waals surface area (Å²) in [4.78, 5) is 16.1. The lowest BCUT2D eigenvalue weighted by Crippen LogP contribution is -2.24. The largest absolute Gasteiger partial charge is 0.368 e. The second-order valence-corrected chi connectivity index (χ2v) is 4.84. The van der Waals surface area contributed by atoms with E-state index in [1.54, 1.807) is 0 Å². The number of rotatable bonds is 6. The van der Waals surface area contributed by atoms with Gasteiger partial charge in [0.15, 0.2) is 0 Å². The van der Waals surface area contributed by atoms with E-state index in [0.29, 0.717) is 11.4 Å². The van der Waals surface area contributed by atoms with Gasteiger partial charge in [0.25, 0.3) is 5.91 Å². The van der Waals surface area contributed by atoms with Crippen LogP contribution >= 0.6 is 0 Å². The molecule has 0 atom stereocenters. The lowest BCUT2D eigenvalue weighted by molar-refractivity contribution is 0.100. The molecule has 1 amide bonds. The Kier molecular flexibility index (Phi) is 4.74. The summed E-state index contributed by atoms with van der Waals surface area (Å²) in [5.41, 5.74) is 8.25. The molecule has 0 saturated carbocycles. The number of carbonyl (C=O) groups excluding carboxylic acids is 1. The summed E-state index contributed by atoms with van der Waals surface area (Å²) in [6.07, 6.45) is 4.34. The molecule has 0 unspecified atom stereocenters. The average Bonchev–Trinajstić information content (AvgIpc) is 2.42. The Labute approximate surface area is 114 Å². The number of aromatic nitrogens is 1. The van der Waals surface area contributed by atoms with Gasteiger partial charge in [-0.2, -0.15) is 0 Å². The number of amides is 1. The number of carbonyl (C=O) groups is 1.